The van der Waals surface area contributed by atoms with Crippen molar-refractivity contribution in [3.8, 4) is 16.9 Å². The molecule has 0 amide bonds. The smallest absolute Gasteiger partial charge is 0.343 e. The number of carbonyl (C=O) groups is 2. The van der Waals surface area contributed by atoms with Crippen LogP contribution in [0.25, 0.3) is 22.0 Å². The molecule has 6 rings (SSSR count). The number of anilines is 1. The fourth-order valence-corrected chi connectivity index (χ4v) is 6.24. The largest absolute Gasteiger partial charge is 0.492 e. The van der Waals surface area contributed by atoms with Gasteiger partial charge in [0.25, 0.3) is 0 Å². The minimum atomic E-state index is -0.843. The highest BCUT2D eigenvalue weighted by atomic mass is 19.1. The lowest BCUT2D eigenvalue weighted by Gasteiger charge is -2.35. The summed E-state index contributed by atoms with van der Waals surface area (Å²) in [7, 11) is 1.46. The molecular formula is C37H39F2N3O6. The summed E-state index contributed by atoms with van der Waals surface area (Å²) in [5.74, 6) is -2.85. The Morgan fingerprint density at radius 1 is 1.02 bits per heavy atom. The van der Waals surface area contributed by atoms with Crippen molar-refractivity contribution in [3.63, 3.8) is 0 Å². The average Bonchev–Trinajstić information content (AvgIpc) is 3.93. The summed E-state index contributed by atoms with van der Waals surface area (Å²) in [4.78, 5) is 41.3. The first-order valence-electron chi connectivity index (χ1n) is 16.3. The average molecular weight is 660 g/mol. The predicted octanol–water partition coefficient (Wildman–Crippen LogP) is 5.98. The molecule has 0 bridgehead atoms. The molecule has 1 N–H and O–H groups in total. The number of rotatable bonds is 11. The van der Waals surface area contributed by atoms with Crippen molar-refractivity contribution in [2.45, 2.75) is 51.1 Å². The molecule has 2 heterocycles. The fourth-order valence-electron chi connectivity index (χ4n) is 6.24. The quantitative estimate of drug-likeness (QED) is 0.155. The molecule has 2 fully saturated rings. The molecule has 3 aromatic carbocycles. The van der Waals surface area contributed by atoms with Crippen molar-refractivity contribution in [3.05, 3.63) is 93.8 Å². The number of carbonyl (C=O) groups excluding carboxylic acids is 2. The van der Waals surface area contributed by atoms with E-state index < -0.39 is 34.9 Å². The minimum absolute atomic E-state index is 0.0400. The normalized spacial score (nSPS) is 16.9. The molecule has 1 aliphatic carbocycles. The van der Waals surface area contributed by atoms with Gasteiger partial charge in [0.1, 0.15) is 17.1 Å². The van der Waals surface area contributed by atoms with Crippen LogP contribution in [0.1, 0.15) is 61.0 Å². The second-order valence-corrected chi connectivity index (χ2v) is 12.4. The maximum Gasteiger partial charge on any atom is 0.343 e. The van der Waals surface area contributed by atoms with Gasteiger partial charge in [0.05, 0.1) is 37.1 Å². The number of ether oxygens (including phenoxy) is 3. The number of esters is 2. The number of halogens is 2. The highest BCUT2D eigenvalue weighted by molar-refractivity contribution is 5.97. The van der Waals surface area contributed by atoms with Gasteiger partial charge in [0, 0.05) is 49.9 Å². The number of benzene rings is 3. The maximum atomic E-state index is 15.7. The molecule has 0 spiro atoms. The number of fused-ring (bicyclic) bond motifs is 1. The molecule has 2 unspecified atom stereocenters. The summed E-state index contributed by atoms with van der Waals surface area (Å²) in [5, 5.41) is 3.40. The third-order valence-electron chi connectivity index (χ3n) is 8.95. The van der Waals surface area contributed by atoms with Crippen LogP contribution in [0.3, 0.4) is 0 Å². The maximum absolute atomic E-state index is 15.7. The topological polar surface area (TPSA) is 99.1 Å². The lowest BCUT2D eigenvalue weighted by molar-refractivity contribution is -0.145. The Labute approximate surface area is 277 Å². The van der Waals surface area contributed by atoms with Crippen molar-refractivity contribution in [1.29, 1.82) is 0 Å². The van der Waals surface area contributed by atoms with E-state index in [4.69, 9.17) is 14.2 Å². The van der Waals surface area contributed by atoms with Crippen LogP contribution in [0.15, 0.2) is 65.6 Å². The SMILES string of the molecule is COc1c(N2CCNC(C)C2)c(F)cc2c(=O)c(C(=O)OCCCOC(=O)C(C)c3ccc(-c4ccccc4)c(F)c3)cn(C3CC3)c12. The monoisotopic (exact) mass is 659 g/mol. The zero-order valence-electron chi connectivity index (χ0n) is 27.3. The summed E-state index contributed by atoms with van der Waals surface area (Å²) < 4.78 is 48.9. The molecule has 0 radical (unpaired) electrons. The van der Waals surface area contributed by atoms with Gasteiger partial charge < -0.3 is 29.0 Å². The zero-order valence-corrected chi connectivity index (χ0v) is 27.3. The van der Waals surface area contributed by atoms with Crippen LogP contribution in [0, 0.1) is 11.6 Å². The Kier molecular flexibility index (Phi) is 9.77. The molecule has 252 valence electrons. The van der Waals surface area contributed by atoms with Gasteiger partial charge in [0.15, 0.2) is 11.6 Å². The Bertz CT molecular complexity index is 1890. The number of piperazine rings is 1. The molecule has 48 heavy (non-hydrogen) atoms. The third kappa shape index (κ3) is 6.78. The van der Waals surface area contributed by atoms with Gasteiger partial charge in [-0.05, 0) is 49.9 Å². The van der Waals surface area contributed by atoms with E-state index in [0.717, 1.165) is 18.4 Å². The first-order chi connectivity index (χ1) is 23.2. The van der Waals surface area contributed by atoms with E-state index in [0.29, 0.717) is 42.0 Å². The van der Waals surface area contributed by atoms with Crippen molar-refractivity contribution >= 4 is 28.5 Å². The van der Waals surface area contributed by atoms with E-state index in [1.165, 1.54) is 25.4 Å². The molecule has 9 nitrogen and oxygen atoms in total. The van der Waals surface area contributed by atoms with E-state index in [1.807, 2.05) is 46.7 Å². The van der Waals surface area contributed by atoms with E-state index in [2.05, 4.69) is 5.32 Å². The Balaban J connectivity index is 1.11. The van der Waals surface area contributed by atoms with Crippen LogP contribution in [0.2, 0.25) is 0 Å². The molecule has 1 saturated heterocycles. The van der Waals surface area contributed by atoms with Gasteiger partial charge in [-0.25, -0.2) is 13.6 Å². The predicted molar refractivity (Wildman–Crippen MR) is 179 cm³/mol. The van der Waals surface area contributed by atoms with Gasteiger partial charge in [0.2, 0.25) is 5.43 Å². The van der Waals surface area contributed by atoms with Crippen LogP contribution in [0.4, 0.5) is 14.5 Å². The van der Waals surface area contributed by atoms with Crippen LogP contribution in [0.5, 0.6) is 5.75 Å². The fraction of sp³-hybridized carbons (Fsp3) is 0.378. The standard InChI is InChI=1S/C37H39F2N3O6/c1-22-20-41(15-14-40-22)33-31(39)19-28-32(35(33)46-3)42(26-11-12-26)21-29(34(28)43)37(45)48-17-7-16-47-36(44)23(2)25-10-13-27(30(38)18-25)24-8-5-4-6-9-24/h4-6,8-10,13,18-19,21-23,26,40H,7,11-12,14-17,20H2,1-3H3. The molecule has 1 aliphatic heterocycles. The van der Waals surface area contributed by atoms with Gasteiger partial charge >= 0.3 is 11.9 Å². The summed E-state index contributed by atoms with van der Waals surface area (Å²) in [6.07, 6.45) is 3.37. The number of hydrogen-bond acceptors (Lipinski definition) is 8. The highest BCUT2D eigenvalue weighted by Crippen LogP contribution is 2.44. The summed E-state index contributed by atoms with van der Waals surface area (Å²) in [6.45, 7) is 5.34. The highest BCUT2D eigenvalue weighted by Gasteiger charge is 2.32. The second kappa shape index (κ2) is 14.1. The number of aromatic nitrogens is 1. The van der Waals surface area contributed by atoms with Gasteiger partial charge in [-0.2, -0.15) is 0 Å². The van der Waals surface area contributed by atoms with Crippen molar-refractivity contribution in [2.75, 3.05) is 44.9 Å². The molecule has 2 aliphatic rings. The van der Waals surface area contributed by atoms with Crippen LogP contribution < -0.4 is 20.4 Å². The molecule has 1 saturated carbocycles. The summed E-state index contributed by atoms with van der Waals surface area (Å²) in [6, 6.07) is 15.2. The number of methoxy groups -OCH3 is 1. The van der Waals surface area contributed by atoms with Crippen LogP contribution in [-0.2, 0) is 14.3 Å². The molecule has 2 atom stereocenters. The molecular weight excluding hydrogens is 620 g/mol. The second-order valence-electron chi connectivity index (χ2n) is 12.4. The van der Waals surface area contributed by atoms with Gasteiger partial charge in [-0.3, -0.25) is 9.59 Å². The van der Waals surface area contributed by atoms with Crippen LogP contribution >= 0.6 is 0 Å². The Morgan fingerprint density at radius 3 is 2.46 bits per heavy atom. The van der Waals surface area contributed by atoms with Crippen molar-refractivity contribution in [2.24, 2.45) is 0 Å². The van der Waals surface area contributed by atoms with Gasteiger partial charge in [-0.1, -0.05) is 42.5 Å². The summed E-state index contributed by atoms with van der Waals surface area (Å²) in [5.41, 5.74) is 1.58. The Morgan fingerprint density at radius 2 is 1.77 bits per heavy atom. The van der Waals surface area contributed by atoms with Crippen molar-refractivity contribution < 1.29 is 32.6 Å². The number of nitrogens with zero attached hydrogens (tertiary/aromatic N) is 2. The van der Waals surface area contributed by atoms with E-state index in [9.17, 15) is 18.8 Å². The summed E-state index contributed by atoms with van der Waals surface area (Å²) >= 11 is 0. The molecule has 1 aromatic heterocycles. The lowest BCUT2D eigenvalue weighted by atomic mass is 9.97. The van der Waals surface area contributed by atoms with Crippen LogP contribution in [-0.4, -0.2) is 62.5 Å². The van der Waals surface area contributed by atoms with Gasteiger partial charge in [-0.15, -0.1) is 0 Å². The number of hydrogen-bond donors (Lipinski definition) is 1. The molecule has 11 heteroatoms. The third-order valence-corrected chi connectivity index (χ3v) is 8.95. The van der Waals surface area contributed by atoms with Crippen molar-refractivity contribution in [1.82, 2.24) is 9.88 Å². The van der Waals surface area contributed by atoms with E-state index >= 15 is 4.39 Å². The molecule has 4 aromatic rings. The Hall–Kier alpha value is -4.77. The zero-order chi connectivity index (χ0) is 33.9. The van der Waals surface area contributed by atoms with E-state index in [1.54, 1.807) is 19.1 Å². The minimum Gasteiger partial charge on any atom is -0.492 e. The van der Waals surface area contributed by atoms with E-state index in [-0.39, 0.29) is 48.4 Å². The lowest BCUT2D eigenvalue weighted by Crippen LogP contribution is -2.49. The number of pyridine rings is 1. The number of nitrogens with one attached hydrogen (secondary N) is 1. The first-order valence-corrected chi connectivity index (χ1v) is 16.3. The first kappa shape index (κ1) is 33.1.